The van der Waals surface area contributed by atoms with Crippen LogP contribution in [0, 0.1) is 19.3 Å². The second-order valence-electron chi connectivity index (χ2n) is 3.70. The third-order valence-corrected chi connectivity index (χ3v) is 2.27. The average molecular weight is 187 g/mol. The van der Waals surface area contributed by atoms with E-state index in [0.717, 1.165) is 12.8 Å². The van der Waals surface area contributed by atoms with Crippen LogP contribution in [-0.2, 0) is 6.42 Å². The molecule has 0 saturated heterocycles. The van der Waals surface area contributed by atoms with Crippen molar-refractivity contribution in [1.82, 2.24) is 0 Å². The Morgan fingerprint density at radius 2 is 2.29 bits per heavy atom. The van der Waals surface area contributed by atoms with E-state index in [0.29, 0.717) is 6.42 Å². The number of hydrogen-bond donors (Lipinski definition) is 1. The van der Waals surface area contributed by atoms with Crippen molar-refractivity contribution in [3.05, 3.63) is 35.4 Å². The van der Waals surface area contributed by atoms with Gasteiger partial charge >= 0.3 is 0 Å². The molecule has 0 bridgehead atoms. The van der Waals surface area contributed by atoms with Crippen LogP contribution in [0.2, 0.25) is 0 Å². The summed E-state index contributed by atoms with van der Waals surface area (Å²) >= 11 is 0. The van der Waals surface area contributed by atoms with Crippen LogP contribution in [0.4, 0.5) is 0 Å². The van der Waals surface area contributed by atoms with E-state index in [9.17, 15) is 0 Å². The molecule has 0 heterocycles. The second kappa shape index (κ2) is 5.47. The summed E-state index contributed by atoms with van der Waals surface area (Å²) in [5.41, 5.74) is 8.47. The monoisotopic (exact) mass is 187 g/mol. The van der Waals surface area contributed by atoms with E-state index < -0.39 is 0 Å². The van der Waals surface area contributed by atoms with Crippen molar-refractivity contribution in [3.63, 3.8) is 0 Å². The Bertz CT molecular complexity index is 322. The van der Waals surface area contributed by atoms with Gasteiger partial charge in [-0.1, -0.05) is 29.8 Å². The van der Waals surface area contributed by atoms with Crippen molar-refractivity contribution in [2.24, 2.45) is 5.73 Å². The van der Waals surface area contributed by atoms with Crippen LogP contribution < -0.4 is 5.73 Å². The largest absolute Gasteiger partial charge is 0.327 e. The van der Waals surface area contributed by atoms with Crippen molar-refractivity contribution in [3.8, 4) is 12.3 Å². The second-order valence-corrected chi connectivity index (χ2v) is 3.70. The summed E-state index contributed by atoms with van der Waals surface area (Å²) in [5.74, 6) is 2.59. The predicted molar refractivity (Wildman–Crippen MR) is 60.9 cm³/mol. The highest BCUT2D eigenvalue weighted by atomic mass is 14.6. The molecule has 0 aliphatic heterocycles. The summed E-state index contributed by atoms with van der Waals surface area (Å²) in [6, 6.07) is 8.65. The van der Waals surface area contributed by atoms with Crippen LogP contribution in [0.25, 0.3) is 0 Å². The standard InChI is InChI=1S/C13H17N/c1-3-5-13(14)9-8-12-7-4-6-11(2)10-12/h1,4,6-7,10,13H,5,8-9,14H2,2H3. The highest BCUT2D eigenvalue weighted by Crippen LogP contribution is 2.08. The van der Waals surface area contributed by atoms with E-state index in [1.54, 1.807) is 0 Å². The topological polar surface area (TPSA) is 26.0 Å². The maximum atomic E-state index is 5.83. The van der Waals surface area contributed by atoms with Gasteiger partial charge in [0, 0.05) is 12.5 Å². The van der Waals surface area contributed by atoms with Crippen LogP contribution in [0.3, 0.4) is 0 Å². The van der Waals surface area contributed by atoms with Crippen LogP contribution >= 0.6 is 0 Å². The average Bonchev–Trinajstić information content (AvgIpc) is 2.15. The Kier molecular flexibility index (Phi) is 4.22. The fraction of sp³-hybridized carbons (Fsp3) is 0.385. The van der Waals surface area contributed by atoms with Crippen molar-refractivity contribution in [2.45, 2.75) is 32.2 Å². The molecule has 1 nitrogen and oxygen atoms in total. The van der Waals surface area contributed by atoms with Crippen molar-refractivity contribution in [1.29, 1.82) is 0 Å². The molecule has 0 aliphatic rings. The number of rotatable bonds is 4. The van der Waals surface area contributed by atoms with Crippen molar-refractivity contribution >= 4 is 0 Å². The zero-order valence-corrected chi connectivity index (χ0v) is 8.66. The van der Waals surface area contributed by atoms with E-state index >= 15 is 0 Å². The first-order valence-electron chi connectivity index (χ1n) is 4.97. The molecule has 0 aromatic heterocycles. The molecule has 0 saturated carbocycles. The van der Waals surface area contributed by atoms with Gasteiger partial charge in [0.25, 0.3) is 0 Å². The SMILES string of the molecule is C#CCC(N)CCc1cccc(C)c1. The summed E-state index contributed by atoms with van der Waals surface area (Å²) in [4.78, 5) is 0. The minimum absolute atomic E-state index is 0.139. The van der Waals surface area contributed by atoms with Crippen molar-refractivity contribution < 1.29 is 0 Å². The number of hydrogen-bond acceptors (Lipinski definition) is 1. The molecule has 14 heavy (non-hydrogen) atoms. The molecule has 2 N–H and O–H groups in total. The Balaban J connectivity index is 2.42. The Labute approximate surface area is 86.3 Å². The maximum absolute atomic E-state index is 5.83. The van der Waals surface area contributed by atoms with Gasteiger partial charge in [0.05, 0.1) is 0 Å². The van der Waals surface area contributed by atoms with Crippen molar-refractivity contribution in [2.75, 3.05) is 0 Å². The molecule has 74 valence electrons. The molecular weight excluding hydrogens is 170 g/mol. The lowest BCUT2D eigenvalue weighted by molar-refractivity contribution is 0.629. The lowest BCUT2D eigenvalue weighted by Crippen LogP contribution is -2.19. The number of aryl methyl sites for hydroxylation is 2. The molecule has 0 spiro atoms. The fourth-order valence-corrected chi connectivity index (χ4v) is 1.47. The summed E-state index contributed by atoms with van der Waals surface area (Å²) in [6.45, 7) is 2.10. The predicted octanol–water partition coefficient (Wildman–Crippen LogP) is 2.28. The first kappa shape index (κ1) is 10.8. The number of terminal acetylenes is 1. The summed E-state index contributed by atoms with van der Waals surface area (Å²) in [7, 11) is 0. The van der Waals surface area contributed by atoms with Crippen LogP contribution in [0.15, 0.2) is 24.3 Å². The quantitative estimate of drug-likeness (QED) is 0.719. The van der Waals surface area contributed by atoms with Crippen LogP contribution in [0.5, 0.6) is 0 Å². The molecule has 1 atom stereocenters. The highest BCUT2D eigenvalue weighted by molar-refractivity contribution is 5.22. The van der Waals surface area contributed by atoms with E-state index in [-0.39, 0.29) is 6.04 Å². The smallest absolute Gasteiger partial charge is 0.0238 e. The molecule has 1 aromatic carbocycles. The molecule has 1 unspecified atom stereocenters. The van der Waals surface area contributed by atoms with Gasteiger partial charge in [-0.05, 0) is 25.3 Å². The highest BCUT2D eigenvalue weighted by Gasteiger charge is 2.01. The third kappa shape index (κ3) is 3.64. The first-order valence-corrected chi connectivity index (χ1v) is 4.97. The fourth-order valence-electron chi connectivity index (χ4n) is 1.47. The molecule has 0 radical (unpaired) electrons. The minimum Gasteiger partial charge on any atom is -0.327 e. The molecular formula is C13H17N. The van der Waals surface area contributed by atoms with Gasteiger partial charge in [0.2, 0.25) is 0 Å². The summed E-state index contributed by atoms with van der Waals surface area (Å²) in [5, 5.41) is 0. The number of benzene rings is 1. The van der Waals surface area contributed by atoms with Gasteiger partial charge in [0.1, 0.15) is 0 Å². The van der Waals surface area contributed by atoms with Crippen LogP contribution in [0.1, 0.15) is 24.0 Å². The molecule has 1 heteroatoms. The Hall–Kier alpha value is -1.26. The van der Waals surface area contributed by atoms with Gasteiger partial charge in [0.15, 0.2) is 0 Å². The number of nitrogens with two attached hydrogens (primary N) is 1. The van der Waals surface area contributed by atoms with E-state index in [1.807, 2.05) is 0 Å². The van der Waals surface area contributed by atoms with Gasteiger partial charge in [-0.2, -0.15) is 0 Å². The van der Waals surface area contributed by atoms with Gasteiger partial charge in [-0.25, -0.2) is 0 Å². The van der Waals surface area contributed by atoms with Gasteiger partial charge in [-0.3, -0.25) is 0 Å². The summed E-state index contributed by atoms with van der Waals surface area (Å²) in [6.07, 6.45) is 7.85. The van der Waals surface area contributed by atoms with Crippen LogP contribution in [-0.4, -0.2) is 6.04 Å². The normalized spacial score (nSPS) is 12.1. The summed E-state index contributed by atoms with van der Waals surface area (Å²) < 4.78 is 0. The Morgan fingerprint density at radius 1 is 1.50 bits per heavy atom. The Morgan fingerprint density at radius 3 is 2.93 bits per heavy atom. The van der Waals surface area contributed by atoms with Gasteiger partial charge in [-0.15, -0.1) is 12.3 Å². The zero-order chi connectivity index (χ0) is 10.4. The van der Waals surface area contributed by atoms with E-state index in [4.69, 9.17) is 12.2 Å². The first-order chi connectivity index (χ1) is 6.72. The lowest BCUT2D eigenvalue weighted by atomic mass is 10.0. The molecule has 0 fully saturated rings. The zero-order valence-electron chi connectivity index (χ0n) is 8.66. The van der Waals surface area contributed by atoms with Gasteiger partial charge < -0.3 is 5.73 Å². The van der Waals surface area contributed by atoms with E-state index in [2.05, 4.69) is 37.1 Å². The van der Waals surface area contributed by atoms with E-state index in [1.165, 1.54) is 11.1 Å². The molecule has 0 aliphatic carbocycles. The minimum atomic E-state index is 0.139. The molecule has 1 aromatic rings. The molecule has 1 rings (SSSR count). The third-order valence-electron chi connectivity index (χ3n) is 2.27. The maximum Gasteiger partial charge on any atom is 0.0238 e. The lowest BCUT2D eigenvalue weighted by Gasteiger charge is -2.07. The molecule has 0 amide bonds.